The Morgan fingerprint density at radius 1 is 1.07 bits per heavy atom. The third-order valence-corrected chi connectivity index (χ3v) is 3.73. The highest BCUT2D eigenvalue weighted by Crippen LogP contribution is 2.19. The van der Waals surface area contributed by atoms with Crippen molar-refractivity contribution in [3.8, 4) is 11.3 Å². The quantitative estimate of drug-likeness (QED) is 0.672. The molecular formula is C19H15F2N3O3. The number of hydrogen-bond acceptors (Lipinski definition) is 4. The van der Waals surface area contributed by atoms with Gasteiger partial charge in [-0.05, 0) is 25.1 Å². The van der Waals surface area contributed by atoms with Crippen molar-refractivity contribution in [1.29, 1.82) is 0 Å². The molecule has 2 aromatic carbocycles. The minimum absolute atomic E-state index is 0.0468. The Bertz CT molecular complexity index is 953. The number of para-hydroxylation sites is 1. The Morgan fingerprint density at radius 2 is 1.74 bits per heavy atom. The van der Waals surface area contributed by atoms with Gasteiger partial charge in [-0.25, -0.2) is 13.6 Å². The van der Waals surface area contributed by atoms with Gasteiger partial charge < -0.3 is 10.1 Å². The van der Waals surface area contributed by atoms with Gasteiger partial charge in [0.25, 0.3) is 5.91 Å². The minimum atomic E-state index is -1.28. The van der Waals surface area contributed by atoms with E-state index in [-0.39, 0.29) is 5.69 Å². The topological polar surface area (TPSA) is 84.1 Å². The molecule has 1 atom stereocenters. The smallest absolute Gasteiger partial charge is 0.357 e. The summed E-state index contributed by atoms with van der Waals surface area (Å²) >= 11 is 0. The van der Waals surface area contributed by atoms with Crippen LogP contribution in [0.5, 0.6) is 0 Å². The molecule has 0 spiro atoms. The molecule has 0 radical (unpaired) electrons. The van der Waals surface area contributed by atoms with E-state index in [2.05, 4.69) is 15.5 Å². The number of carbonyl (C=O) groups is 2. The molecule has 6 nitrogen and oxygen atoms in total. The Labute approximate surface area is 153 Å². The average Bonchev–Trinajstić information content (AvgIpc) is 3.15. The van der Waals surface area contributed by atoms with Gasteiger partial charge in [0.1, 0.15) is 23.0 Å². The molecule has 0 saturated heterocycles. The molecule has 8 heteroatoms. The van der Waals surface area contributed by atoms with Crippen LogP contribution in [-0.2, 0) is 9.53 Å². The molecule has 1 aromatic heterocycles. The van der Waals surface area contributed by atoms with Crippen LogP contribution in [0.15, 0.2) is 54.6 Å². The second-order valence-corrected chi connectivity index (χ2v) is 5.67. The molecule has 0 fully saturated rings. The van der Waals surface area contributed by atoms with Crippen molar-refractivity contribution in [2.75, 3.05) is 5.32 Å². The summed E-state index contributed by atoms with van der Waals surface area (Å²) in [5.41, 5.74) is 0.783. The molecule has 3 rings (SSSR count). The normalized spacial score (nSPS) is 11.7. The first-order valence-corrected chi connectivity index (χ1v) is 8.02. The van der Waals surface area contributed by atoms with Gasteiger partial charge in [0, 0.05) is 5.56 Å². The monoisotopic (exact) mass is 371 g/mol. The standard InChI is InChI=1S/C19H15F2N3O3/c1-11(18(25)22-17-13(20)8-5-9-14(17)21)27-19(26)16-10-15(23-24-16)12-6-3-2-4-7-12/h2-11H,1H3,(H,22,25)(H,23,24)/t11-/m0/s1. The summed E-state index contributed by atoms with van der Waals surface area (Å²) in [6.45, 7) is 1.29. The highest BCUT2D eigenvalue weighted by atomic mass is 19.1. The largest absolute Gasteiger partial charge is 0.448 e. The Kier molecular flexibility index (Phi) is 5.25. The summed E-state index contributed by atoms with van der Waals surface area (Å²) in [5, 5.41) is 8.64. The van der Waals surface area contributed by atoms with Gasteiger partial charge in [0.05, 0.1) is 5.69 Å². The first-order chi connectivity index (χ1) is 13.0. The zero-order chi connectivity index (χ0) is 19.4. The van der Waals surface area contributed by atoms with Crippen molar-refractivity contribution < 1.29 is 23.1 Å². The Balaban J connectivity index is 1.65. The SMILES string of the molecule is C[C@H](OC(=O)c1cc(-c2ccccc2)n[nH]1)C(=O)Nc1c(F)cccc1F. The fourth-order valence-corrected chi connectivity index (χ4v) is 2.30. The van der Waals surface area contributed by atoms with Crippen molar-refractivity contribution in [2.45, 2.75) is 13.0 Å². The van der Waals surface area contributed by atoms with E-state index in [1.165, 1.54) is 19.1 Å². The van der Waals surface area contributed by atoms with Gasteiger partial charge in [0.15, 0.2) is 6.10 Å². The maximum Gasteiger partial charge on any atom is 0.357 e. The fraction of sp³-hybridized carbons (Fsp3) is 0.105. The average molecular weight is 371 g/mol. The molecule has 0 aliphatic carbocycles. The number of nitrogens with zero attached hydrogens (tertiary/aromatic N) is 1. The molecule has 0 aliphatic heterocycles. The van der Waals surface area contributed by atoms with Crippen LogP contribution >= 0.6 is 0 Å². The third-order valence-electron chi connectivity index (χ3n) is 3.73. The maximum atomic E-state index is 13.6. The van der Waals surface area contributed by atoms with Crippen LogP contribution < -0.4 is 5.32 Å². The summed E-state index contributed by atoms with van der Waals surface area (Å²) in [4.78, 5) is 24.2. The van der Waals surface area contributed by atoms with E-state index in [4.69, 9.17) is 4.74 Å². The molecule has 138 valence electrons. The first kappa shape index (κ1) is 18.2. The molecule has 27 heavy (non-hydrogen) atoms. The van der Waals surface area contributed by atoms with E-state index < -0.39 is 35.3 Å². The summed E-state index contributed by atoms with van der Waals surface area (Å²) in [7, 11) is 0. The van der Waals surface area contributed by atoms with Gasteiger partial charge in [-0.1, -0.05) is 36.4 Å². The number of hydrogen-bond donors (Lipinski definition) is 2. The lowest BCUT2D eigenvalue weighted by atomic mass is 10.1. The Morgan fingerprint density at radius 3 is 2.41 bits per heavy atom. The fourth-order valence-electron chi connectivity index (χ4n) is 2.30. The van der Waals surface area contributed by atoms with E-state index >= 15 is 0 Å². The molecule has 0 bridgehead atoms. The van der Waals surface area contributed by atoms with Crippen LogP contribution in [0.1, 0.15) is 17.4 Å². The van der Waals surface area contributed by atoms with Crippen LogP contribution in [0, 0.1) is 11.6 Å². The predicted molar refractivity (Wildman–Crippen MR) is 93.9 cm³/mol. The van der Waals surface area contributed by atoms with Crippen molar-refractivity contribution in [3.63, 3.8) is 0 Å². The number of aromatic nitrogens is 2. The number of rotatable bonds is 5. The summed E-state index contributed by atoms with van der Waals surface area (Å²) < 4.78 is 32.2. The number of esters is 1. The molecule has 0 unspecified atom stereocenters. The predicted octanol–water partition coefficient (Wildman–Crippen LogP) is 3.54. The van der Waals surface area contributed by atoms with Crippen LogP contribution in [0.25, 0.3) is 11.3 Å². The summed E-state index contributed by atoms with van der Waals surface area (Å²) in [6, 6.07) is 13.8. The van der Waals surface area contributed by atoms with E-state index in [0.29, 0.717) is 5.69 Å². The highest BCUT2D eigenvalue weighted by molar-refractivity contribution is 5.97. The van der Waals surface area contributed by atoms with Crippen molar-refractivity contribution in [3.05, 3.63) is 71.9 Å². The first-order valence-electron chi connectivity index (χ1n) is 8.02. The number of aromatic amines is 1. The second kappa shape index (κ2) is 7.77. The number of benzene rings is 2. The number of halogens is 2. The van der Waals surface area contributed by atoms with Gasteiger partial charge in [0.2, 0.25) is 0 Å². The maximum absolute atomic E-state index is 13.6. The van der Waals surface area contributed by atoms with Crippen molar-refractivity contribution in [1.82, 2.24) is 10.2 Å². The number of nitrogens with one attached hydrogen (secondary N) is 2. The number of ether oxygens (including phenoxy) is 1. The van der Waals surface area contributed by atoms with E-state index in [9.17, 15) is 18.4 Å². The highest BCUT2D eigenvalue weighted by Gasteiger charge is 2.22. The Hall–Kier alpha value is -3.55. The van der Waals surface area contributed by atoms with Gasteiger partial charge in [-0.3, -0.25) is 9.89 Å². The van der Waals surface area contributed by atoms with Crippen LogP contribution in [0.4, 0.5) is 14.5 Å². The molecule has 1 heterocycles. The van der Waals surface area contributed by atoms with Crippen molar-refractivity contribution >= 4 is 17.6 Å². The van der Waals surface area contributed by atoms with Crippen molar-refractivity contribution in [2.24, 2.45) is 0 Å². The van der Waals surface area contributed by atoms with Gasteiger partial charge in [-0.15, -0.1) is 0 Å². The lowest BCUT2D eigenvalue weighted by Gasteiger charge is -2.13. The second-order valence-electron chi connectivity index (χ2n) is 5.67. The van der Waals surface area contributed by atoms with Crippen LogP contribution in [0.2, 0.25) is 0 Å². The summed E-state index contributed by atoms with van der Waals surface area (Å²) in [5.74, 6) is -3.54. The lowest BCUT2D eigenvalue weighted by molar-refractivity contribution is -0.123. The minimum Gasteiger partial charge on any atom is -0.448 e. The molecule has 2 N–H and O–H groups in total. The van der Waals surface area contributed by atoms with Crippen LogP contribution in [-0.4, -0.2) is 28.2 Å². The van der Waals surface area contributed by atoms with Crippen LogP contribution in [0.3, 0.4) is 0 Å². The number of anilines is 1. The third kappa shape index (κ3) is 4.17. The zero-order valence-corrected chi connectivity index (χ0v) is 14.2. The number of carbonyl (C=O) groups excluding carboxylic acids is 2. The van der Waals surface area contributed by atoms with E-state index in [1.807, 2.05) is 30.3 Å². The van der Waals surface area contributed by atoms with Gasteiger partial charge >= 0.3 is 5.97 Å². The summed E-state index contributed by atoms with van der Waals surface area (Å²) in [6.07, 6.45) is -1.28. The molecule has 1 amide bonds. The molecule has 0 aliphatic rings. The van der Waals surface area contributed by atoms with Gasteiger partial charge in [-0.2, -0.15) is 5.10 Å². The lowest BCUT2D eigenvalue weighted by Crippen LogP contribution is -2.30. The number of amides is 1. The van der Waals surface area contributed by atoms with E-state index in [0.717, 1.165) is 17.7 Å². The number of H-pyrrole nitrogens is 1. The molecule has 3 aromatic rings. The molecular weight excluding hydrogens is 356 g/mol. The zero-order valence-electron chi connectivity index (χ0n) is 14.2. The molecule has 0 saturated carbocycles. The van der Waals surface area contributed by atoms with E-state index in [1.54, 1.807) is 0 Å².